The second-order valence-corrected chi connectivity index (χ2v) is 7.51. The number of pyridine rings is 1. The van der Waals surface area contributed by atoms with Gasteiger partial charge in [0, 0.05) is 53.0 Å². The van der Waals surface area contributed by atoms with Crippen LogP contribution in [0.1, 0.15) is 18.4 Å². The van der Waals surface area contributed by atoms with Gasteiger partial charge in [-0.3, -0.25) is 14.3 Å². The first-order valence-electron chi connectivity index (χ1n) is 8.04. The highest BCUT2D eigenvalue weighted by Crippen LogP contribution is 2.25. The maximum Gasteiger partial charge on any atom is 0.311 e. The topological polar surface area (TPSA) is 94.4 Å². The maximum atomic E-state index is 12.5. The van der Waals surface area contributed by atoms with E-state index in [4.69, 9.17) is 4.74 Å². The number of benzene rings is 1. The molecule has 1 aromatic carbocycles. The van der Waals surface area contributed by atoms with E-state index in [0.717, 1.165) is 18.4 Å². The van der Waals surface area contributed by atoms with Crippen molar-refractivity contribution in [2.75, 3.05) is 18.5 Å². The van der Waals surface area contributed by atoms with Gasteiger partial charge in [0.1, 0.15) is 0 Å². The highest BCUT2D eigenvalue weighted by molar-refractivity contribution is 7.84. The van der Waals surface area contributed by atoms with Crippen LogP contribution >= 0.6 is 0 Å². The van der Waals surface area contributed by atoms with E-state index in [2.05, 4.69) is 10.3 Å². The number of nitrogens with one attached hydrogen (secondary N) is 1. The van der Waals surface area contributed by atoms with Crippen molar-refractivity contribution in [1.29, 1.82) is 0 Å². The fourth-order valence-electron chi connectivity index (χ4n) is 2.74. The summed E-state index contributed by atoms with van der Waals surface area (Å²) in [6, 6.07) is 10.3. The average Bonchev–Trinajstić information content (AvgIpc) is 2.63. The molecule has 0 radical (unpaired) electrons. The van der Waals surface area contributed by atoms with Gasteiger partial charge in [-0.1, -0.05) is 12.1 Å². The van der Waals surface area contributed by atoms with Crippen molar-refractivity contribution in [3.05, 3.63) is 58.3 Å². The molecule has 132 valence electrons. The molecule has 0 spiro atoms. The number of rotatable bonds is 6. The van der Waals surface area contributed by atoms with Crippen molar-refractivity contribution in [3.63, 3.8) is 0 Å². The van der Waals surface area contributed by atoms with Gasteiger partial charge in [-0.25, -0.2) is 4.98 Å². The molecule has 7 nitrogen and oxygen atoms in total. The molecule has 0 amide bonds. The Labute approximate surface area is 148 Å². The Kier molecular flexibility index (Phi) is 5.72. The summed E-state index contributed by atoms with van der Waals surface area (Å²) >= 11 is 0. The summed E-state index contributed by atoms with van der Waals surface area (Å²) in [5, 5.41) is 14.2. The second kappa shape index (κ2) is 8.17. The van der Waals surface area contributed by atoms with Crippen molar-refractivity contribution >= 4 is 28.0 Å². The Bertz CT molecular complexity index is 778. The lowest BCUT2D eigenvalue weighted by atomic mass is 10.2. The van der Waals surface area contributed by atoms with Crippen LogP contribution in [-0.2, 0) is 21.3 Å². The lowest BCUT2D eigenvalue weighted by Gasteiger charge is -2.21. The fraction of sp³-hybridized carbons (Fsp3) is 0.353. The largest absolute Gasteiger partial charge is 0.381 e. The number of nitro groups is 1. The molecule has 0 saturated carbocycles. The number of aromatic nitrogens is 1. The SMILES string of the molecule is O=[N+]([O-])c1cccnc1Nc1cccc(CS(=O)C2CCOCC2)c1. The zero-order chi connectivity index (χ0) is 17.6. The van der Waals surface area contributed by atoms with Crippen LogP contribution in [0.4, 0.5) is 17.2 Å². The quantitative estimate of drug-likeness (QED) is 0.627. The summed E-state index contributed by atoms with van der Waals surface area (Å²) in [6.07, 6.45) is 3.15. The molecule has 3 rings (SSSR count). The van der Waals surface area contributed by atoms with Crippen molar-refractivity contribution in [3.8, 4) is 0 Å². The number of ether oxygens (including phenoxy) is 1. The number of nitrogens with zero attached hydrogens (tertiary/aromatic N) is 2. The van der Waals surface area contributed by atoms with Gasteiger partial charge >= 0.3 is 5.69 Å². The summed E-state index contributed by atoms with van der Waals surface area (Å²) in [5.74, 6) is 0.653. The van der Waals surface area contributed by atoms with E-state index < -0.39 is 15.7 Å². The van der Waals surface area contributed by atoms with Crippen molar-refractivity contribution in [2.45, 2.75) is 23.8 Å². The van der Waals surface area contributed by atoms with E-state index in [-0.39, 0.29) is 16.8 Å². The van der Waals surface area contributed by atoms with Crippen LogP contribution in [0, 0.1) is 10.1 Å². The molecule has 1 aromatic heterocycles. The first-order chi connectivity index (χ1) is 12.1. The third-order valence-electron chi connectivity index (χ3n) is 4.02. The molecular weight excluding hydrogens is 342 g/mol. The van der Waals surface area contributed by atoms with Crippen LogP contribution in [-0.4, -0.2) is 32.6 Å². The van der Waals surface area contributed by atoms with Gasteiger partial charge in [0.05, 0.1) is 4.92 Å². The lowest BCUT2D eigenvalue weighted by Crippen LogP contribution is -2.25. The Morgan fingerprint density at radius 2 is 2.08 bits per heavy atom. The lowest BCUT2D eigenvalue weighted by molar-refractivity contribution is -0.384. The van der Waals surface area contributed by atoms with Gasteiger partial charge in [0.25, 0.3) is 0 Å². The van der Waals surface area contributed by atoms with Crippen LogP contribution in [0.2, 0.25) is 0 Å². The Morgan fingerprint density at radius 1 is 1.28 bits per heavy atom. The molecule has 2 heterocycles. The molecule has 1 aliphatic heterocycles. The second-order valence-electron chi connectivity index (χ2n) is 5.79. The third kappa shape index (κ3) is 4.61. The average molecular weight is 361 g/mol. The minimum absolute atomic E-state index is 0.0846. The normalized spacial score (nSPS) is 16.3. The Hall–Kier alpha value is -2.32. The molecule has 1 fully saturated rings. The molecule has 1 N–H and O–H groups in total. The van der Waals surface area contributed by atoms with E-state index >= 15 is 0 Å². The van der Waals surface area contributed by atoms with Gasteiger partial charge in [-0.05, 0) is 36.6 Å². The fourth-order valence-corrected chi connectivity index (χ4v) is 4.20. The summed E-state index contributed by atoms with van der Waals surface area (Å²) < 4.78 is 17.8. The smallest absolute Gasteiger partial charge is 0.311 e. The first kappa shape index (κ1) is 17.5. The van der Waals surface area contributed by atoms with Gasteiger partial charge in [0.15, 0.2) is 0 Å². The third-order valence-corrected chi connectivity index (χ3v) is 5.85. The van der Waals surface area contributed by atoms with E-state index in [9.17, 15) is 14.3 Å². The first-order valence-corrected chi connectivity index (χ1v) is 9.42. The maximum absolute atomic E-state index is 12.5. The Balaban J connectivity index is 1.71. The van der Waals surface area contributed by atoms with E-state index in [0.29, 0.717) is 24.7 Å². The molecular formula is C17H19N3O4S. The van der Waals surface area contributed by atoms with Crippen LogP contribution in [0.5, 0.6) is 0 Å². The van der Waals surface area contributed by atoms with Gasteiger partial charge in [0.2, 0.25) is 5.82 Å². The predicted octanol–water partition coefficient (Wildman–Crippen LogP) is 3.16. The van der Waals surface area contributed by atoms with Crippen LogP contribution in [0.3, 0.4) is 0 Å². The molecule has 8 heteroatoms. The monoisotopic (exact) mass is 361 g/mol. The summed E-state index contributed by atoms with van der Waals surface area (Å²) in [4.78, 5) is 14.6. The molecule has 0 bridgehead atoms. The summed E-state index contributed by atoms with van der Waals surface area (Å²) in [5.41, 5.74) is 1.52. The van der Waals surface area contributed by atoms with E-state index in [1.807, 2.05) is 18.2 Å². The van der Waals surface area contributed by atoms with Gasteiger partial charge in [-0.15, -0.1) is 0 Å². The molecule has 25 heavy (non-hydrogen) atoms. The summed E-state index contributed by atoms with van der Waals surface area (Å²) in [7, 11) is -0.956. The van der Waals surface area contributed by atoms with E-state index in [1.54, 1.807) is 6.07 Å². The minimum Gasteiger partial charge on any atom is -0.381 e. The standard InChI is InChI=1S/C17H19N3O4S/c21-20(22)16-5-2-8-18-17(16)19-14-4-1-3-13(11-14)12-25(23)15-6-9-24-10-7-15/h1-5,8,11,15H,6-7,9-10,12H2,(H,18,19). The van der Waals surface area contributed by atoms with Crippen molar-refractivity contribution < 1.29 is 13.9 Å². The predicted molar refractivity (Wildman–Crippen MR) is 96.3 cm³/mol. The number of hydrogen-bond acceptors (Lipinski definition) is 6. The van der Waals surface area contributed by atoms with E-state index in [1.165, 1.54) is 18.3 Å². The van der Waals surface area contributed by atoms with Crippen LogP contribution < -0.4 is 5.32 Å². The molecule has 2 aromatic rings. The minimum atomic E-state index is -0.956. The zero-order valence-corrected chi connectivity index (χ0v) is 14.4. The highest BCUT2D eigenvalue weighted by atomic mass is 32.2. The number of anilines is 2. The highest BCUT2D eigenvalue weighted by Gasteiger charge is 2.20. The van der Waals surface area contributed by atoms with Crippen LogP contribution in [0.25, 0.3) is 0 Å². The molecule has 1 saturated heterocycles. The molecule has 1 unspecified atom stereocenters. The number of hydrogen-bond donors (Lipinski definition) is 1. The summed E-state index contributed by atoms with van der Waals surface area (Å²) in [6.45, 7) is 1.34. The molecule has 1 atom stereocenters. The van der Waals surface area contributed by atoms with Crippen molar-refractivity contribution in [2.24, 2.45) is 0 Å². The van der Waals surface area contributed by atoms with Crippen molar-refractivity contribution in [1.82, 2.24) is 4.98 Å². The van der Waals surface area contributed by atoms with Gasteiger partial charge in [-0.2, -0.15) is 0 Å². The Morgan fingerprint density at radius 3 is 2.84 bits per heavy atom. The van der Waals surface area contributed by atoms with Crippen LogP contribution in [0.15, 0.2) is 42.6 Å². The van der Waals surface area contributed by atoms with Gasteiger partial charge < -0.3 is 10.1 Å². The molecule has 0 aliphatic carbocycles. The zero-order valence-electron chi connectivity index (χ0n) is 13.6. The molecule has 1 aliphatic rings.